The summed E-state index contributed by atoms with van der Waals surface area (Å²) in [5.41, 5.74) is 0.110. The topological polar surface area (TPSA) is 115 Å². The Balaban J connectivity index is 1.57. The quantitative estimate of drug-likeness (QED) is 0.483. The van der Waals surface area contributed by atoms with Crippen molar-refractivity contribution >= 4 is 45.7 Å². The van der Waals surface area contributed by atoms with E-state index in [2.05, 4.69) is 31.0 Å². The highest BCUT2D eigenvalue weighted by Crippen LogP contribution is 2.20. The molecule has 0 atom stereocenters. The monoisotopic (exact) mass is 449 g/mol. The molecular weight excluding hydrogens is 429 g/mol. The van der Waals surface area contributed by atoms with E-state index in [1.165, 1.54) is 35.2 Å². The lowest BCUT2D eigenvalue weighted by atomic mass is 10.3. The third kappa shape index (κ3) is 5.60. The number of benzene rings is 1. The van der Waals surface area contributed by atoms with Gasteiger partial charge in [0.05, 0.1) is 17.9 Å². The molecule has 0 aliphatic heterocycles. The van der Waals surface area contributed by atoms with Crippen molar-refractivity contribution in [1.29, 1.82) is 0 Å². The zero-order chi connectivity index (χ0) is 21.5. The molecule has 9 nitrogen and oxygen atoms in total. The number of amides is 2. The van der Waals surface area contributed by atoms with Crippen molar-refractivity contribution in [3.63, 3.8) is 0 Å². The van der Waals surface area contributed by atoms with Crippen LogP contribution in [0.25, 0.3) is 0 Å². The van der Waals surface area contributed by atoms with Crippen LogP contribution in [-0.2, 0) is 29.0 Å². The zero-order valence-electron chi connectivity index (χ0n) is 16.4. The molecule has 2 aromatic heterocycles. The normalized spacial score (nSPS) is 10.8. The number of para-hydroxylation sites is 1. The van der Waals surface area contributed by atoms with Crippen LogP contribution in [0.15, 0.2) is 29.4 Å². The minimum atomic E-state index is -0.508. The molecule has 30 heavy (non-hydrogen) atoms. The Morgan fingerprint density at radius 2 is 1.90 bits per heavy atom. The van der Waals surface area contributed by atoms with Gasteiger partial charge in [0.2, 0.25) is 16.9 Å². The first kappa shape index (κ1) is 21.8. The number of aryl methyl sites for hydroxylation is 1. The maximum absolute atomic E-state index is 13.7. The van der Waals surface area contributed by atoms with Gasteiger partial charge in [-0.05, 0) is 25.5 Å². The van der Waals surface area contributed by atoms with Gasteiger partial charge in [-0.3, -0.25) is 14.9 Å². The molecule has 0 aliphatic rings. The number of thioether (sulfide) groups is 1. The largest absolute Gasteiger partial charge is 0.323 e. The summed E-state index contributed by atoms with van der Waals surface area (Å²) in [7, 11) is 0. The highest BCUT2D eigenvalue weighted by molar-refractivity contribution is 7.99. The summed E-state index contributed by atoms with van der Waals surface area (Å²) >= 11 is 2.54. The maximum atomic E-state index is 13.7. The van der Waals surface area contributed by atoms with Crippen LogP contribution in [0.4, 0.5) is 15.2 Å². The van der Waals surface area contributed by atoms with E-state index >= 15 is 0 Å². The average molecular weight is 450 g/mol. The number of anilines is 2. The molecule has 0 aliphatic carbocycles. The molecule has 0 bridgehead atoms. The Morgan fingerprint density at radius 1 is 1.10 bits per heavy atom. The van der Waals surface area contributed by atoms with E-state index in [1.54, 1.807) is 16.7 Å². The van der Waals surface area contributed by atoms with Gasteiger partial charge in [0.25, 0.3) is 0 Å². The summed E-state index contributed by atoms with van der Waals surface area (Å²) in [5.74, 6) is -0.596. The molecule has 2 amide bonds. The molecule has 0 fully saturated rings. The van der Waals surface area contributed by atoms with Gasteiger partial charge < -0.3 is 9.88 Å². The lowest BCUT2D eigenvalue weighted by molar-refractivity contribution is -0.116. The SMILES string of the molecule is CCc1nnc(NC(=O)CSc2nnc(CC(=O)Nc3ccccc3F)n2CC)s1. The van der Waals surface area contributed by atoms with Crippen LogP contribution in [0.1, 0.15) is 24.7 Å². The van der Waals surface area contributed by atoms with Gasteiger partial charge in [-0.25, -0.2) is 4.39 Å². The predicted molar refractivity (Wildman–Crippen MR) is 113 cm³/mol. The summed E-state index contributed by atoms with van der Waals surface area (Å²) in [6.07, 6.45) is 0.696. The van der Waals surface area contributed by atoms with Crippen molar-refractivity contribution in [2.75, 3.05) is 16.4 Å². The molecule has 12 heteroatoms. The molecule has 0 saturated heterocycles. The first-order valence-corrected chi connectivity index (χ1v) is 11.0. The van der Waals surface area contributed by atoms with Crippen LogP contribution in [0, 0.1) is 5.82 Å². The number of rotatable bonds is 9. The second-order valence-corrected chi connectivity index (χ2v) is 8.04. The molecule has 2 heterocycles. The zero-order valence-corrected chi connectivity index (χ0v) is 18.0. The fraction of sp³-hybridized carbons (Fsp3) is 0.333. The molecule has 0 spiro atoms. The van der Waals surface area contributed by atoms with Crippen molar-refractivity contribution in [3.8, 4) is 0 Å². The molecule has 0 radical (unpaired) electrons. The number of aromatic nitrogens is 5. The average Bonchev–Trinajstić information content (AvgIpc) is 3.34. The maximum Gasteiger partial charge on any atom is 0.236 e. The van der Waals surface area contributed by atoms with Crippen LogP contribution in [0.5, 0.6) is 0 Å². The second kappa shape index (κ2) is 10.3. The summed E-state index contributed by atoms with van der Waals surface area (Å²) in [6.45, 7) is 4.38. The lowest BCUT2D eigenvalue weighted by Gasteiger charge is -2.08. The number of nitrogens with one attached hydrogen (secondary N) is 2. The third-order valence-electron chi connectivity index (χ3n) is 3.92. The smallest absolute Gasteiger partial charge is 0.236 e. The van der Waals surface area contributed by atoms with E-state index in [4.69, 9.17) is 0 Å². The summed E-state index contributed by atoms with van der Waals surface area (Å²) in [6, 6.07) is 5.94. The minimum Gasteiger partial charge on any atom is -0.323 e. The number of halogens is 1. The Hall–Kier alpha value is -2.86. The van der Waals surface area contributed by atoms with Crippen molar-refractivity contribution < 1.29 is 14.0 Å². The Morgan fingerprint density at radius 3 is 2.60 bits per heavy atom. The number of nitrogens with zero attached hydrogens (tertiary/aromatic N) is 5. The number of hydrogen-bond donors (Lipinski definition) is 2. The Labute approximate surface area is 180 Å². The van der Waals surface area contributed by atoms with E-state index in [1.807, 2.05) is 13.8 Å². The Kier molecular flexibility index (Phi) is 7.46. The first-order valence-electron chi connectivity index (χ1n) is 9.21. The number of carbonyl (C=O) groups is 2. The van der Waals surface area contributed by atoms with Crippen LogP contribution < -0.4 is 10.6 Å². The molecule has 1 aromatic carbocycles. The molecule has 2 N–H and O–H groups in total. The highest BCUT2D eigenvalue weighted by atomic mass is 32.2. The summed E-state index contributed by atoms with van der Waals surface area (Å²) in [5, 5.41) is 23.1. The van der Waals surface area contributed by atoms with Gasteiger partial charge in [-0.15, -0.1) is 20.4 Å². The van der Waals surface area contributed by atoms with E-state index in [0.717, 1.165) is 11.4 Å². The second-order valence-electron chi connectivity index (χ2n) is 6.04. The van der Waals surface area contributed by atoms with Crippen LogP contribution in [0.3, 0.4) is 0 Å². The van der Waals surface area contributed by atoms with Crippen molar-refractivity contribution in [3.05, 3.63) is 40.9 Å². The third-order valence-corrected chi connectivity index (χ3v) is 5.87. The standard InChI is InChI=1S/C18H20FN7O2S2/c1-3-16-23-24-17(30-16)21-15(28)10-29-18-25-22-13(26(18)4-2)9-14(27)20-12-8-6-5-7-11(12)19/h5-8H,3-4,9-10H2,1-2H3,(H,20,27)(H,21,24,28). The van der Waals surface area contributed by atoms with Crippen LogP contribution in [-0.4, -0.2) is 42.5 Å². The highest BCUT2D eigenvalue weighted by Gasteiger charge is 2.17. The summed E-state index contributed by atoms with van der Waals surface area (Å²) < 4.78 is 15.4. The first-order chi connectivity index (χ1) is 14.5. The van der Waals surface area contributed by atoms with E-state index in [-0.39, 0.29) is 23.8 Å². The fourth-order valence-corrected chi connectivity index (χ4v) is 4.02. The van der Waals surface area contributed by atoms with E-state index < -0.39 is 11.7 Å². The van der Waals surface area contributed by atoms with E-state index in [0.29, 0.717) is 22.7 Å². The van der Waals surface area contributed by atoms with Crippen LogP contribution in [0.2, 0.25) is 0 Å². The van der Waals surface area contributed by atoms with Crippen molar-refractivity contribution in [1.82, 2.24) is 25.0 Å². The van der Waals surface area contributed by atoms with Crippen molar-refractivity contribution in [2.45, 2.75) is 38.4 Å². The van der Waals surface area contributed by atoms with Crippen LogP contribution >= 0.6 is 23.1 Å². The van der Waals surface area contributed by atoms with Gasteiger partial charge in [0, 0.05) is 6.54 Å². The van der Waals surface area contributed by atoms with Gasteiger partial charge >= 0.3 is 0 Å². The van der Waals surface area contributed by atoms with Crippen molar-refractivity contribution in [2.24, 2.45) is 0 Å². The van der Waals surface area contributed by atoms with E-state index in [9.17, 15) is 14.0 Å². The molecule has 158 valence electrons. The fourth-order valence-electron chi connectivity index (χ4n) is 2.51. The molecule has 3 rings (SSSR count). The molecule has 0 saturated carbocycles. The van der Waals surface area contributed by atoms with Gasteiger partial charge in [0.15, 0.2) is 5.16 Å². The Bertz CT molecular complexity index is 1040. The molecule has 3 aromatic rings. The van der Waals surface area contributed by atoms with Gasteiger partial charge in [-0.2, -0.15) is 0 Å². The number of hydrogen-bond acceptors (Lipinski definition) is 8. The molecule has 0 unspecified atom stereocenters. The molecular formula is C18H20FN7O2S2. The number of carbonyl (C=O) groups excluding carboxylic acids is 2. The predicted octanol–water partition coefficient (Wildman–Crippen LogP) is 2.76. The summed E-state index contributed by atoms with van der Waals surface area (Å²) in [4.78, 5) is 24.4. The van der Waals surface area contributed by atoms with Gasteiger partial charge in [0.1, 0.15) is 16.6 Å². The minimum absolute atomic E-state index is 0.0630. The van der Waals surface area contributed by atoms with Gasteiger partial charge in [-0.1, -0.05) is 42.2 Å². The lowest BCUT2D eigenvalue weighted by Crippen LogP contribution is -2.18.